The molecule has 0 saturated heterocycles. The van der Waals surface area contributed by atoms with Crippen LogP contribution in [0.2, 0.25) is 0 Å². The van der Waals surface area contributed by atoms with Crippen molar-refractivity contribution in [2.75, 3.05) is 31.0 Å². The van der Waals surface area contributed by atoms with Gasteiger partial charge in [-0.15, -0.1) is 24.0 Å². The molecule has 0 aliphatic carbocycles. The van der Waals surface area contributed by atoms with Gasteiger partial charge < -0.3 is 15.8 Å². The molecule has 0 atom stereocenters. The largest absolute Gasteiger partial charge is 0.380 e. The van der Waals surface area contributed by atoms with E-state index < -0.39 is 0 Å². The van der Waals surface area contributed by atoms with Crippen molar-refractivity contribution in [1.29, 1.82) is 0 Å². The third-order valence-electron chi connectivity index (χ3n) is 2.62. The Labute approximate surface area is 143 Å². The minimum atomic E-state index is 0. The zero-order valence-electron chi connectivity index (χ0n) is 12.1. The summed E-state index contributed by atoms with van der Waals surface area (Å²) in [4.78, 5) is 4.33. The minimum absolute atomic E-state index is 0. The molecule has 0 spiro atoms. The summed E-state index contributed by atoms with van der Waals surface area (Å²) >= 11 is 1.86. The van der Waals surface area contributed by atoms with Crippen LogP contribution < -0.4 is 11.1 Å². The predicted molar refractivity (Wildman–Crippen MR) is 100 cm³/mol. The van der Waals surface area contributed by atoms with E-state index in [0.29, 0.717) is 12.6 Å². The lowest BCUT2D eigenvalue weighted by Gasteiger charge is -2.10. The summed E-state index contributed by atoms with van der Waals surface area (Å²) < 4.78 is 5.15. The number of para-hydroxylation sites is 1. The Morgan fingerprint density at radius 3 is 2.80 bits per heavy atom. The third kappa shape index (κ3) is 7.96. The van der Waals surface area contributed by atoms with E-state index in [-0.39, 0.29) is 24.0 Å². The van der Waals surface area contributed by atoms with E-state index in [1.807, 2.05) is 36.0 Å². The van der Waals surface area contributed by atoms with Gasteiger partial charge >= 0.3 is 0 Å². The molecule has 0 radical (unpaired) electrons. The maximum absolute atomic E-state index is 5.88. The standard InChI is InChI=1S/C14H23N3OS.HI/c1-18-11-12-7-3-4-8-13(12)17-14(15)16-9-5-6-10-19-2;/h3-4,7-8H,5-6,9-11H2,1-2H3,(H3,15,16,17);1H. The van der Waals surface area contributed by atoms with Crippen molar-refractivity contribution in [3.63, 3.8) is 0 Å². The second-order valence-electron chi connectivity index (χ2n) is 4.18. The van der Waals surface area contributed by atoms with Crippen LogP contribution in [0, 0.1) is 0 Å². The molecular formula is C14H24IN3OS. The van der Waals surface area contributed by atoms with Crippen LogP contribution in [0.15, 0.2) is 29.3 Å². The highest BCUT2D eigenvalue weighted by molar-refractivity contribution is 14.0. The summed E-state index contributed by atoms with van der Waals surface area (Å²) in [5.74, 6) is 1.65. The minimum Gasteiger partial charge on any atom is -0.380 e. The van der Waals surface area contributed by atoms with E-state index in [9.17, 15) is 0 Å². The first kappa shape index (κ1) is 19.5. The highest BCUT2D eigenvalue weighted by Gasteiger charge is 2.01. The summed E-state index contributed by atoms with van der Waals surface area (Å²) in [7, 11) is 1.68. The predicted octanol–water partition coefficient (Wildman–Crippen LogP) is 3.32. The van der Waals surface area contributed by atoms with E-state index in [4.69, 9.17) is 10.5 Å². The first-order valence-electron chi connectivity index (χ1n) is 6.40. The van der Waals surface area contributed by atoms with Gasteiger partial charge in [0, 0.05) is 24.9 Å². The van der Waals surface area contributed by atoms with Gasteiger partial charge in [-0.1, -0.05) is 18.2 Å². The van der Waals surface area contributed by atoms with Gasteiger partial charge in [0.15, 0.2) is 5.96 Å². The molecule has 1 aromatic rings. The van der Waals surface area contributed by atoms with Crippen LogP contribution in [0.3, 0.4) is 0 Å². The number of rotatable bonds is 8. The van der Waals surface area contributed by atoms with Crippen LogP contribution in [0.4, 0.5) is 5.69 Å². The molecule has 3 N–H and O–H groups in total. The first-order valence-corrected chi connectivity index (χ1v) is 7.80. The zero-order chi connectivity index (χ0) is 13.9. The topological polar surface area (TPSA) is 59.6 Å². The van der Waals surface area contributed by atoms with Gasteiger partial charge in [-0.25, -0.2) is 0 Å². The molecule has 4 nitrogen and oxygen atoms in total. The van der Waals surface area contributed by atoms with Gasteiger partial charge in [-0.2, -0.15) is 11.8 Å². The number of anilines is 1. The summed E-state index contributed by atoms with van der Waals surface area (Å²) in [5, 5.41) is 3.13. The molecule has 0 amide bonds. The smallest absolute Gasteiger partial charge is 0.193 e. The Bertz CT molecular complexity index is 402. The van der Waals surface area contributed by atoms with Crippen molar-refractivity contribution < 1.29 is 4.74 Å². The molecule has 0 bridgehead atoms. The van der Waals surface area contributed by atoms with Crippen molar-refractivity contribution in [2.45, 2.75) is 19.4 Å². The number of ether oxygens (including phenoxy) is 1. The summed E-state index contributed by atoms with van der Waals surface area (Å²) in [6.07, 6.45) is 4.37. The van der Waals surface area contributed by atoms with Crippen molar-refractivity contribution in [3.05, 3.63) is 29.8 Å². The molecule has 114 valence electrons. The molecule has 1 aromatic carbocycles. The van der Waals surface area contributed by atoms with Crippen LogP contribution in [0.5, 0.6) is 0 Å². The number of benzene rings is 1. The maximum atomic E-state index is 5.88. The Morgan fingerprint density at radius 1 is 1.35 bits per heavy atom. The molecular weight excluding hydrogens is 385 g/mol. The van der Waals surface area contributed by atoms with Crippen LogP contribution >= 0.6 is 35.7 Å². The number of hydrogen-bond acceptors (Lipinski definition) is 3. The Balaban J connectivity index is 0.00000361. The van der Waals surface area contributed by atoms with Crippen molar-refractivity contribution in [2.24, 2.45) is 10.7 Å². The summed E-state index contributed by atoms with van der Waals surface area (Å²) in [6.45, 7) is 1.33. The van der Waals surface area contributed by atoms with Crippen LogP contribution in [0.25, 0.3) is 0 Å². The van der Waals surface area contributed by atoms with E-state index in [1.54, 1.807) is 7.11 Å². The molecule has 0 aliphatic heterocycles. The highest BCUT2D eigenvalue weighted by Crippen LogP contribution is 2.15. The monoisotopic (exact) mass is 409 g/mol. The number of nitrogens with two attached hydrogens (primary N) is 1. The molecule has 0 unspecified atom stereocenters. The lowest BCUT2D eigenvalue weighted by molar-refractivity contribution is 0.185. The van der Waals surface area contributed by atoms with Gasteiger partial charge in [-0.05, 0) is 30.9 Å². The van der Waals surface area contributed by atoms with Gasteiger partial charge in [0.05, 0.1) is 6.61 Å². The normalized spacial score (nSPS) is 11.0. The fourth-order valence-corrected chi connectivity index (χ4v) is 2.15. The van der Waals surface area contributed by atoms with E-state index in [2.05, 4.69) is 16.6 Å². The van der Waals surface area contributed by atoms with E-state index in [1.165, 1.54) is 12.2 Å². The lowest BCUT2D eigenvalue weighted by Crippen LogP contribution is -2.23. The molecule has 0 heterocycles. The number of thioether (sulfide) groups is 1. The van der Waals surface area contributed by atoms with Gasteiger partial charge in [0.2, 0.25) is 0 Å². The highest BCUT2D eigenvalue weighted by atomic mass is 127. The quantitative estimate of drug-likeness (QED) is 0.299. The van der Waals surface area contributed by atoms with E-state index in [0.717, 1.165) is 24.2 Å². The van der Waals surface area contributed by atoms with Crippen molar-refractivity contribution in [1.82, 2.24) is 0 Å². The zero-order valence-corrected chi connectivity index (χ0v) is 15.2. The summed E-state index contributed by atoms with van der Waals surface area (Å²) in [5.41, 5.74) is 7.91. The third-order valence-corrected chi connectivity index (χ3v) is 3.32. The number of aliphatic imine (C=N–C) groups is 1. The Hall–Kier alpha value is -0.470. The van der Waals surface area contributed by atoms with Crippen LogP contribution in [-0.2, 0) is 11.3 Å². The number of hydrogen-bond donors (Lipinski definition) is 2. The molecule has 0 fully saturated rings. The van der Waals surface area contributed by atoms with Crippen molar-refractivity contribution in [3.8, 4) is 0 Å². The second-order valence-corrected chi connectivity index (χ2v) is 5.17. The Kier molecular flexibility index (Phi) is 12.0. The number of halogens is 1. The fraction of sp³-hybridized carbons (Fsp3) is 0.500. The SMILES string of the molecule is COCc1ccccc1NC(N)=NCCCCSC.I. The van der Waals surface area contributed by atoms with Crippen LogP contribution in [0.1, 0.15) is 18.4 Å². The number of methoxy groups -OCH3 is 1. The fourth-order valence-electron chi connectivity index (χ4n) is 1.66. The number of nitrogens with one attached hydrogen (secondary N) is 1. The van der Waals surface area contributed by atoms with Gasteiger partial charge in [0.1, 0.15) is 0 Å². The average molecular weight is 409 g/mol. The maximum Gasteiger partial charge on any atom is 0.193 e. The average Bonchev–Trinajstić information content (AvgIpc) is 2.41. The molecule has 0 aromatic heterocycles. The summed E-state index contributed by atoms with van der Waals surface area (Å²) in [6, 6.07) is 7.94. The Morgan fingerprint density at radius 2 is 2.10 bits per heavy atom. The molecule has 20 heavy (non-hydrogen) atoms. The van der Waals surface area contributed by atoms with Crippen molar-refractivity contribution >= 4 is 47.4 Å². The number of nitrogens with zero attached hydrogens (tertiary/aromatic N) is 1. The molecule has 6 heteroatoms. The molecule has 0 aliphatic rings. The molecule has 0 saturated carbocycles. The van der Waals surface area contributed by atoms with Crippen LogP contribution in [-0.4, -0.2) is 31.6 Å². The number of guanidine groups is 1. The van der Waals surface area contributed by atoms with Gasteiger partial charge in [-0.3, -0.25) is 4.99 Å². The first-order chi connectivity index (χ1) is 9.27. The second kappa shape index (κ2) is 12.3. The molecule has 1 rings (SSSR count). The number of unbranched alkanes of at least 4 members (excludes halogenated alkanes) is 1. The van der Waals surface area contributed by atoms with Gasteiger partial charge in [0.25, 0.3) is 0 Å². The lowest BCUT2D eigenvalue weighted by atomic mass is 10.2. The van der Waals surface area contributed by atoms with E-state index >= 15 is 0 Å².